The van der Waals surface area contributed by atoms with Crippen molar-refractivity contribution in [3.8, 4) is 0 Å². The summed E-state index contributed by atoms with van der Waals surface area (Å²) >= 11 is 0. The predicted molar refractivity (Wildman–Crippen MR) is 139 cm³/mol. The molecule has 5 aliphatic rings. The number of ether oxygens (including phenoxy) is 2. The summed E-state index contributed by atoms with van der Waals surface area (Å²) in [6.07, 6.45) is 14.3. The van der Waals surface area contributed by atoms with Crippen molar-refractivity contribution in [3.63, 3.8) is 0 Å². The van der Waals surface area contributed by atoms with E-state index in [1.807, 2.05) is 0 Å². The van der Waals surface area contributed by atoms with Crippen LogP contribution in [0.1, 0.15) is 105 Å². The van der Waals surface area contributed by atoms with E-state index in [1.165, 1.54) is 12.8 Å². The molecule has 4 aliphatic carbocycles. The van der Waals surface area contributed by atoms with E-state index in [0.29, 0.717) is 29.5 Å². The lowest BCUT2D eigenvalue weighted by atomic mass is 9.43. The number of Topliss-reactive ketones (excluding diaryl/α,β-unsaturated/α-hetero) is 1. The molecular weight excluding hydrogens is 452 g/mol. The van der Waals surface area contributed by atoms with Crippen molar-refractivity contribution < 1.29 is 24.2 Å². The third kappa shape index (κ3) is 4.40. The van der Waals surface area contributed by atoms with E-state index in [1.54, 1.807) is 0 Å². The van der Waals surface area contributed by atoms with Gasteiger partial charge in [0.2, 0.25) is 0 Å². The zero-order chi connectivity index (χ0) is 25.7. The lowest BCUT2D eigenvalue weighted by Crippen LogP contribution is -2.58. The number of ketones is 1. The van der Waals surface area contributed by atoms with E-state index in [2.05, 4.69) is 33.8 Å². The third-order valence-electron chi connectivity index (χ3n) is 11.7. The number of allylic oxidation sites excluding steroid dienone is 2. The molecule has 0 amide bonds. The van der Waals surface area contributed by atoms with Crippen LogP contribution in [0.25, 0.3) is 0 Å². The Morgan fingerprint density at radius 3 is 2.56 bits per heavy atom. The van der Waals surface area contributed by atoms with Crippen molar-refractivity contribution in [1.82, 2.24) is 0 Å². The van der Waals surface area contributed by atoms with E-state index in [-0.39, 0.29) is 41.5 Å². The number of carboxylic acids is 1. The third-order valence-corrected chi connectivity index (χ3v) is 11.7. The molecule has 4 saturated carbocycles. The Morgan fingerprint density at radius 2 is 1.86 bits per heavy atom. The maximum atomic E-state index is 14.2. The van der Waals surface area contributed by atoms with Gasteiger partial charge in [0.25, 0.3) is 0 Å². The van der Waals surface area contributed by atoms with Gasteiger partial charge in [-0.3, -0.25) is 9.59 Å². The molecule has 5 rings (SSSR count). The average molecular weight is 501 g/mol. The fourth-order valence-electron chi connectivity index (χ4n) is 9.86. The van der Waals surface area contributed by atoms with Gasteiger partial charge < -0.3 is 14.6 Å². The van der Waals surface area contributed by atoms with Crippen LogP contribution in [0.2, 0.25) is 0 Å². The molecular formula is C31H48O5. The molecule has 1 saturated heterocycles. The molecule has 5 fully saturated rings. The highest BCUT2D eigenvalue weighted by Crippen LogP contribution is 2.68. The highest BCUT2D eigenvalue weighted by molar-refractivity contribution is 5.99. The van der Waals surface area contributed by atoms with Crippen LogP contribution in [0.4, 0.5) is 0 Å². The molecule has 10 atom stereocenters. The van der Waals surface area contributed by atoms with Crippen LogP contribution in [0, 0.1) is 46.3 Å². The van der Waals surface area contributed by atoms with Crippen molar-refractivity contribution in [2.45, 2.75) is 117 Å². The summed E-state index contributed by atoms with van der Waals surface area (Å²) in [4.78, 5) is 25.5. The van der Waals surface area contributed by atoms with Crippen LogP contribution < -0.4 is 0 Å². The standard InChI is InChI=1S/C31H48O5/c1-5-21-25-18-20(36-27-8-6-7-17-35-27)13-15-31(25,4)24-14-16-30(3)22(19(2)9-12-26(32)33)10-11-23(30)28(24)29(21)34/h5,19-20,22-25,27-28H,6-18H2,1-4H3,(H,32,33)/t19-,20-,22-,23+,24+,25+,27?,28+,30-,31-/m1/s1. The van der Waals surface area contributed by atoms with Gasteiger partial charge in [-0.25, -0.2) is 0 Å². The second-order valence-electron chi connectivity index (χ2n) is 13.4. The summed E-state index contributed by atoms with van der Waals surface area (Å²) < 4.78 is 12.3. The first-order chi connectivity index (χ1) is 17.2. The van der Waals surface area contributed by atoms with Crippen LogP contribution in [0.3, 0.4) is 0 Å². The molecule has 5 nitrogen and oxygen atoms in total. The Hall–Kier alpha value is -1.20. The molecule has 1 heterocycles. The van der Waals surface area contributed by atoms with E-state index in [0.717, 1.165) is 70.0 Å². The Balaban J connectivity index is 1.36. The van der Waals surface area contributed by atoms with Gasteiger partial charge in [0.05, 0.1) is 6.10 Å². The first-order valence-corrected chi connectivity index (χ1v) is 14.9. The smallest absolute Gasteiger partial charge is 0.303 e. The van der Waals surface area contributed by atoms with Gasteiger partial charge in [-0.15, -0.1) is 0 Å². The Morgan fingerprint density at radius 1 is 1.11 bits per heavy atom. The summed E-state index contributed by atoms with van der Waals surface area (Å²) in [6, 6.07) is 0. The van der Waals surface area contributed by atoms with Crippen molar-refractivity contribution in [3.05, 3.63) is 11.6 Å². The maximum Gasteiger partial charge on any atom is 0.303 e. The minimum atomic E-state index is -0.695. The second-order valence-corrected chi connectivity index (χ2v) is 13.4. The van der Waals surface area contributed by atoms with E-state index < -0.39 is 5.97 Å². The molecule has 0 radical (unpaired) electrons. The van der Waals surface area contributed by atoms with Crippen molar-refractivity contribution in [1.29, 1.82) is 0 Å². The summed E-state index contributed by atoms with van der Waals surface area (Å²) in [5.74, 6) is 1.95. The first kappa shape index (κ1) is 26.4. The number of hydrogen-bond acceptors (Lipinski definition) is 4. The molecule has 0 bridgehead atoms. The van der Waals surface area contributed by atoms with Crippen molar-refractivity contribution >= 4 is 11.8 Å². The zero-order valence-corrected chi connectivity index (χ0v) is 23.0. The number of rotatable bonds is 6. The number of carbonyl (C=O) groups excluding carboxylic acids is 1. The minimum Gasteiger partial charge on any atom is -0.481 e. The lowest BCUT2D eigenvalue weighted by molar-refractivity contribution is -0.207. The molecule has 5 heteroatoms. The van der Waals surface area contributed by atoms with Crippen LogP contribution in [-0.2, 0) is 19.1 Å². The van der Waals surface area contributed by atoms with Gasteiger partial charge in [-0.2, -0.15) is 0 Å². The molecule has 36 heavy (non-hydrogen) atoms. The molecule has 1 unspecified atom stereocenters. The monoisotopic (exact) mass is 500 g/mol. The van der Waals surface area contributed by atoms with E-state index in [9.17, 15) is 14.7 Å². The SMILES string of the molecule is CC=C1C(=O)[C@@H]2[C@H](CC[C@]3(C)[C@@H]([C@H](C)CCC(=O)O)CC[C@@H]23)[C@@]2(C)CC[C@@H](OC3CCCCO3)C[C@@H]12. The second kappa shape index (κ2) is 10.2. The Bertz CT molecular complexity index is 874. The number of hydrogen-bond donors (Lipinski definition) is 1. The zero-order valence-electron chi connectivity index (χ0n) is 23.0. The maximum absolute atomic E-state index is 14.2. The highest BCUT2D eigenvalue weighted by atomic mass is 16.7. The normalized spacial score (nSPS) is 46.6. The molecule has 0 spiro atoms. The quantitative estimate of drug-likeness (QED) is 0.321. The Labute approximate surface area is 217 Å². The van der Waals surface area contributed by atoms with Gasteiger partial charge in [0.15, 0.2) is 12.1 Å². The first-order valence-electron chi connectivity index (χ1n) is 14.9. The fraction of sp³-hybridized carbons (Fsp3) is 0.871. The van der Waals surface area contributed by atoms with Gasteiger partial charge >= 0.3 is 5.97 Å². The van der Waals surface area contributed by atoms with Gasteiger partial charge in [-0.1, -0.05) is 26.8 Å². The molecule has 1 N–H and O–H groups in total. The Kier molecular flexibility index (Phi) is 7.46. The topological polar surface area (TPSA) is 72.8 Å². The number of aliphatic carboxylic acids is 1. The lowest BCUT2D eigenvalue weighted by Gasteiger charge is -2.61. The van der Waals surface area contributed by atoms with E-state index in [4.69, 9.17) is 9.47 Å². The van der Waals surface area contributed by atoms with Gasteiger partial charge in [0, 0.05) is 18.9 Å². The summed E-state index contributed by atoms with van der Waals surface area (Å²) in [5.41, 5.74) is 1.38. The van der Waals surface area contributed by atoms with Crippen LogP contribution in [-0.4, -0.2) is 35.9 Å². The van der Waals surface area contributed by atoms with E-state index >= 15 is 0 Å². The molecule has 0 aromatic rings. The highest BCUT2D eigenvalue weighted by Gasteiger charge is 2.64. The predicted octanol–water partition coefficient (Wildman–Crippen LogP) is 6.79. The van der Waals surface area contributed by atoms with Gasteiger partial charge in [0.1, 0.15) is 0 Å². The summed E-state index contributed by atoms with van der Waals surface area (Å²) in [6.45, 7) is 10.0. The minimum absolute atomic E-state index is 0.0665. The fourth-order valence-corrected chi connectivity index (χ4v) is 9.86. The molecule has 0 aromatic carbocycles. The summed E-state index contributed by atoms with van der Waals surface area (Å²) in [5, 5.41) is 9.23. The average Bonchev–Trinajstić information content (AvgIpc) is 3.21. The summed E-state index contributed by atoms with van der Waals surface area (Å²) in [7, 11) is 0. The van der Waals surface area contributed by atoms with Crippen LogP contribution in [0.15, 0.2) is 11.6 Å². The number of fused-ring (bicyclic) bond motifs is 5. The molecule has 1 aliphatic heterocycles. The number of carboxylic acid groups (broad SMARTS) is 1. The number of carbonyl (C=O) groups is 2. The van der Waals surface area contributed by atoms with Crippen molar-refractivity contribution in [2.75, 3.05) is 6.61 Å². The van der Waals surface area contributed by atoms with Gasteiger partial charge in [-0.05, 0) is 124 Å². The van der Waals surface area contributed by atoms with Crippen molar-refractivity contribution in [2.24, 2.45) is 46.3 Å². The van der Waals surface area contributed by atoms with Crippen LogP contribution >= 0.6 is 0 Å². The van der Waals surface area contributed by atoms with Crippen LogP contribution in [0.5, 0.6) is 0 Å². The molecule has 0 aromatic heterocycles. The largest absolute Gasteiger partial charge is 0.481 e. The molecule has 202 valence electrons.